The molecule has 0 aliphatic rings. The van der Waals surface area contributed by atoms with Crippen LogP contribution in [0.2, 0.25) is 0 Å². The molecule has 4 heterocycles. The Kier molecular flexibility index (Phi) is 7.02. The van der Waals surface area contributed by atoms with Crippen LogP contribution in [0.25, 0.3) is 143 Å². The van der Waals surface area contributed by atoms with E-state index in [0.29, 0.717) is 17.5 Å². The van der Waals surface area contributed by atoms with Crippen LogP contribution in [0.4, 0.5) is 0 Å². The summed E-state index contributed by atoms with van der Waals surface area (Å²) in [4.78, 5) is 16.0. The molecule has 292 valence electrons. The third-order valence-electron chi connectivity index (χ3n) is 12.7. The lowest BCUT2D eigenvalue weighted by molar-refractivity contribution is 0.668. The van der Waals surface area contributed by atoms with Crippen LogP contribution in [-0.4, -0.2) is 15.0 Å². The zero-order valence-electron chi connectivity index (χ0n) is 33.5. The molecule has 6 heteroatoms. The maximum Gasteiger partial charge on any atom is 0.164 e. The van der Waals surface area contributed by atoms with E-state index in [0.717, 1.165) is 110 Å². The van der Waals surface area contributed by atoms with Crippen molar-refractivity contribution in [3.63, 3.8) is 0 Å². The van der Waals surface area contributed by atoms with Gasteiger partial charge in [-0.2, -0.15) is 0 Å². The van der Waals surface area contributed by atoms with Crippen LogP contribution in [0, 0.1) is 0 Å². The minimum absolute atomic E-state index is 0.562. The number of furan rings is 3. The van der Waals surface area contributed by atoms with Crippen molar-refractivity contribution in [3.8, 4) is 45.3 Å². The Bertz CT molecular complexity index is 4190. The van der Waals surface area contributed by atoms with Gasteiger partial charge in [-0.1, -0.05) is 127 Å². The quantitative estimate of drug-likeness (QED) is 0.165. The van der Waals surface area contributed by atoms with E-state index in [9.17, 15) is 0 Å². The van der Waals surface area contributed by atoms with E-state index in [1.54, 1.807) is 0 Å². The molecule has 0 aliphatic heterocycles. The van der Waals surface area contributed by atoms with E-state index in [4.69, 9.17) is 28.2 Å². The molecule has 0 atom stereocenters. The molecule has 0 bridgehead atoms. The van der Waals surface area contributed by atoms with Gasteiger partial charge in [0.05, 0.1) is 0 Å². The summed E-state index contributed by atoms with van der Waals surface area (Å²) in [6, 6.07) is 65.1. The molecule has 6 nitrogen and oxygen atoms in total. The molecule has 0 N–H and O–H groups in total. The molecule has 0 saturated heterocycles. The maximum absolute atomic E-state index is 6.46. The molecule has 0 unspecified atom stereocenters. The third-order valence-corrected chi connectivity index (χ3v) is 12.7. The summed E-state index contributed by atoms with van der Waals surface area (Å²) in [6.45, 7) is 0. The summed E-state index contributed by atoms with van der Waals surface area (Å²) in [6.07, 6.45) is 0. The zero-order chi connectivity index (χ0) is 41.2. The van der Waals surface area contributed by atoms with Gasteiger partial charge in [-0.25, -0.2) is 15.0 Å². The topological polar surface area (TPSA) is 78.1 Å². The summed E-state index contributed by atoms with van der Waals surface area (Å²) in [7, 11) is 0. The van der Waals surface area contributed by atoms with Crippen molar-refractivity contribution in [2.45, 2.75) is 0 Å². The second-order valence-corrected chi connectivity index (χ2v) is 16.2. The molecule has 4 aromatic heterocycles. The molecule has 0 spiro atoms. The summed E-state index contributed by atoms with van der Waals surface area (Å²) in [5.41, 5.74) is 9.81. The highest BCUT2D eigenvalue weighted by molar-refractivity contribution is 6.28. The SMILES string of the molecule is c1ccc2c(c1)oc1ccc(-c3ccc4oc5ccc(-c6nc(-c7cccc8oc9ccccc9c78)nc(-c7cccc8c9ccccc9c9ccccc9c78)n6)cc5c4c3)cc12. The van der Waals surface area contributed by atoms with Gasteiger partial charge in [-0.3, -0.25) is 0 Å². The van der Waals surface area contributed by atoms with Crippen molar-refractivity contribution < 1.29 is 13.3 Å². The average molecular weight is 806 g/mol. The van der Waals surface area contributed by atoms with Crippen molar-refractivity contribution >= 4 is 98.1 Å². The Morgan fingerprint density at radius 1 is 0.238 bits per heavy atom. The number of hydrogen-bond acceptors (Lipinski definition) is 6. The van der Waals surface area contributed by atoms with Crippen molar-refractivity contribution in [2.75, 3.05) is 0 Å². The highest BCUT2D eigenvalue weighted by atomic mass is 16.3. The van der Waals surface area contributed by atoms with Gasteiger partial charge in [0.1, 0.15) is 33.5 Å². The molecule has 0 fully saturated rings. The summed E-state index contributed by atoms with van der Waals surface area (Å²) < 4.78 is 19.0. The smallest absolute Gasteiger partial charge is 0.164 e. The Morgan fingerprint density at radius 3 is 1.25 bits per heavy atom. The first-order chi connectivity index (χ1) is 31.2. The van der Waals surface area contributed by atoms with Gasteiger partial charge in [0.25, 0.3) is 0 Å². The molecule has 0 radical (unpaired) electrons. The number of nitrogens with zero attached hydrogens (tertiary/aromatic N) is 3. The van der Waals surface area contributed by atoms with Crippen LogP contribution in [0.1, 0.15) is 0 Å². The minimum atomic E-state index is 0.562. The van der Waals surface area contributed by atoms with Crippen LogP contribution in [0.5, 0.6) is 0 Å². The van der Waals surface area contributed by atoms with Gasteiger partial charge < -0.3 is 13.3 Å². The second kappa shape index (κ2) is 12.9. The normalized spacial score (nSPS) is 12.1. The number of fused-ring (bicyclic) bond motifs is 15. The first-order valence-corrected chi connectivity index (χ1v) is 21.1. The summed E-state index contributed by atoms with van der Waals surface area (Å²) >= 11 is 0. The van der Waals surface area contributed by atoms with E-state index in [2.05, 4.69) is 133 Å². The minimum Gasteiger partial charge on any atom is -0.456 e. The van der Waals surface area contributed by atoms with E-state index in [-0.39, 0.29) is 0 Å². The molecular formula is C57H31N3O3. The van der Waals surface area contributed by atoms with Gasteiger partial charge in [-0.05, 0) is 98.7 Å². The summed E-state index contributed by atoms with van der Waals surface area (Å²) in [5, 5.41) is 13.2. The standard InChI is InChI=1S/C57H31N3O3/c1-2-12-37-35(11-1)36-13-3-4-15-39(36)53-40(37)17-9-18-42(53)56-58-55(59-57(60-56)43-19-10-22-52-54(43)41-16-6-8-21-48(41)63-52)34-25-28-51-46(31-34)45-30-33(24-27-50(45)62-51)32-23-26-49-44(29-32)38-14-5-7-20-47(38)61-49/h1-31H. The number of rotatable bonds is 4. The largest absolute Gasteiger partial charge is 0.456 e. The molecule has 10 aromatic carbocycles. The predicted octanol–water partition coefficient (Wildman–Crippen LogP) is 15.7. The van der Waals surface area contributed by atoms with Gasteiger partial charge >= 0.3 is 0 Å². The second-order valence-electron chi connectivity index (χ2n) is 16.2. The number of aromatic nitrogens is 3. The van der Waals surface area contributed by atoms with Crippen LogP contribution in [-0.2, 0) is 0 Å². The van der Waals surface area contributed by atoms with E-state index in [1.807, 2.05) is 54.6 Å². The van der Waals surface area contributed by atoms with Gasteiger partial charge in [0.15, 0.2) is 17.5 Å². The van der Waals surface area contributed by atoms with Crippen LogP contribution in [0.3, 0.4) is 0 Å². The number of hydrogen-bond donors (Lipinski definition) is 0. The molecule has 0 saturated carbocycles. The third kappa shape index (κ3) is 5.09. The van der Waals surface area contributed by atoms with Crippen molar-refractivity contribution in [1.82, 2.24) is 15.0 Å². The molecule has 14 aromatic rings. The Hall–Kier alpha value is -8.61. The molecular weight excluding hydrogens is 775 g/mol. The maximum atomic E-state index is 6.46. The average Bonchev–Trinajstić information content (AvgIpc) is 4.04. The van der Waals surface area contributed by atoms with Crippen LogP contribution >= 0.6 is 0 Å². The van der Waals surface area contributed by atoms with Gasteiger partial charge in [-0.15, -0.1) is 0 Å². The molecule has 0 amide bonds. The van der Waals surface area contributed by atoms with Crippen molar-refractivity contribution in [3.05, 3.63) is 188 Å². The van der Waals surface area contributed by atoms with Gasteiger partial charge in [0.2, 0.25) is 0 Å². The lowest BCUT2D eigenvalue weighted by Gasteiger charge is -2.15. The monoisotopic (exact) mass is 805 g/mol. The Morgan fingerprint density at radius 2 is 0.619 bits per heavy atom. The lowest BCUT2D eigenvalue weighted by Crippen LogP contribution is -2.01. The zero-order valence-corrected chi connectivity index (χ0v) is 33.5. The lowest BCUT2D eigenvalue weighted by atomic mass is 9.91. The first-order valence-electron chi connectivity index (χ1n) is 21.1. The number of para-hydroxylation sites is 2. The Labute approximate surface area is 358 Å². The first kappa shape index (κ1) is 34.1. The fourth-order valence-electron chi connectivity index (χ4n) is 9.85. The Balaban J connectivity index is 1.00. The molecule has 0 aliphatic carbocycles. The van der Waals surface area contributed by atoms with Crippen molar-refractivity contribution in [1.29, 1.82) is 0 Å². The van der Waals surface area contributed by atoms with E-state index in [1.165, 1.54) is 16.2 Å². The highest BCUT2D eigenvalue weighted by Gasteiger charge is 2.21. The fraction of sp³-hybridized carbons (Fsp3) is 0. The fourth-order valence-corrected chi connectivity index (χ4v) is 9.85. The van der Waals surface area contributed by atoms with Crippen molar-refractivity contribution in [2.24, 2.45) is 0 Å². The molecule has 14 rings (SSSR count). The van der Waals surface area contributed by atoms with E-state index < -0.39 is 0 Å². The van der Waals surface area contributed by atoms with Gasteiger partial charge in [0, 0.05) is 54.4 Å². The van der Waals surface area contributed by atoms with E-state index >= 15 is 0 Å². The van der Waals surface area contributed by atoms with Crippen LogP contribution < -0.4 is 0 Å². The molecule has 63 heavy (non-hydrogen) atoms. The number of benzene rings is 10. The summed E-state index contributed by atoms with van der Waals surface area (Å²) in [5.74, 6) is 1.72. The van der Waals surface area contributed by atoms with Crippen LogP contribution in [0.15, 0.2) is 201 Å². The predicted molar refractivity (Wildman–Crippen MR) is 256 cm³/mol. The highest BCUT2D eigenvalue weighted by Crippen LogP contribution is 2.42.